The van der Waals surface area contributed by atoms with Crippen LogP contribution in [0.5, 0.6) is 0 Å². The summed E-state index contributed by atoms with van der Waals surface area (Å²) < 4.78 is 14.7. The molecule has 0 radical (unpaired) electrons. The zero-order valence-electron chi connectivity index (χ0n) is 14.1. The van der Waals surface area contributed by atoms with Crippen molar-refractivity contribution in [3.63, 3.8) is 0 Å². The molecule has 1 unspecified atom stereocenters. The highest BCUT2D eigenvalue weighted by Gasteiger charge is 2.11. The monoisotopic (exact) mass is 381 g/mol. The normalized spacial score (nSPS) is 12.8. The number of pyridine rings is 1. The third kappa shape index (κ3) is 4.88. The Bertz CT molecular complexity index is 643. The van der Waals surface area contributed by atoms with Gasteiger partial charge in [-0.05, 0) is 57.6 Å². The van der Waals surface area contributed by atoms with Gasteiger partial charge in [0.15, 0.2) is 0 Å². The number of rotatable bonds is 8. The molecule has 0 saturated carbocycles. The highest BCUT2D eigenvalue weighted by atomic mass is 79.9. The number of hydrogen-bond acceptors (Lipinski definition) is 3. The van der Waals surface area contributed by atoms with Gasteiger partial charge in [0.25, 0.3) is 0 Å². The number of halogens is 2. The van der Waals surface area contributed by atoms with Gasteiger partial charge in [-0.1, -0.05) is 29.8 Å². The van der Waals surface area contributed by atoms with Crippen LogP contribution < -0.4 is 5.32 Å². The third-order valence-electron chi connectivity index (χ3n) is 4.16. The summed E-state index contributed by atoms with van der Waals surface area (Å²) in [5.74, 6) is -0.246. The number of nitrogens with zero attached hydrogens (tertiary/aromatic N) is 2. The van der Waals surface area contributed by atoms with Gasteiger partial charge < -0.3 is 10.2 Å². The first-order chi connectivity index (χ1) is 11.0. The molecular weight excluding hydrogens is 357 g/mol. The zero-order valence-corrected chi connectivity index (χ0v) is 15.7. The number of aromatic nitrogens is 1. The fourth-order valence-electron chi connectivity index (χ4n) is 2.80. The van der Waals surface area contributed by atoms with Crippen LogP contribution in [0.2, 0.25) is 0 Å². The fraction of sp³-hybridized carbons (Fsp3) is 0.500. The minimum atomic E-state index is -0.246. The molecule has 0 spiro atoms. The predicted octanol–water partition coefficient (Wildman–Crippen LogP) is 5.06. The molecule has 5 heteroatoms. The largest absolute Gasteiger partial charge is 0.381 e. The highest BCUT2D eigenvalue weighted by Crippen LogP contribution is 2.29. The lowest BCUT2D eigenvalue weighted by Crippen LogP contribution is -2.25. The van der Waals surface area contributed by atoms with E-state index in [1.165, 1.54) is 12.1 Å². The summed E-state index contributed by atoms with van der Waals surface area (Å²) in [5, 5.41) is 4.22. The molecular formula is C18H25BrFN3. The molecule has 0 saturated heterocycles. The van der Waals surface area contributed by atoms with Crippen molar-refractivity contribution >= 4 is 32.5 Å². The molecule has 0 fully saturated rings. The minimum Gasteiger partial charge on any atom is -0.381 e. The van der Waals surface area contributed by atoms with Gasteiger partial charge in [-0.25, -0.2) is 4.39 Å². The second-order valence-electron chi connectivity index (χ2n) is 5.86. The molecule has 0 aliphatic heterocycles. The van der Waals surface area contributed by atoms with Crippen LogP contribution in [0.4, 0.5) is 10.1 Å². The quantitative estimate of drug-likeness (QED) is 0.692. The van der Waals surface area contributed by atoms with E-state index in [-0.39, 0.29) is 11.9 Å². The molecule has 1 aromatic heterocycles. The SMILES string of the molecule is CCN(CC)CCCC(C)Nc1cc(F)cc2c(Br)ccnc12. The van der Waals surface area contributed by atoms with E-state index < -0.39 is 0 Å². The van der Waals surface area contributed by atoms with Gasteiger partial charge in [-0.15, -0.1) is 0 Å². The molecule has 0 aliphatic carbocycles. The van der Waals surface area contributed by atoms with Crippen molar-refractivity contribution in [2.75, 3.05) is 25.0 Å². The van der Waals surface area contributed by atoms with Crippen molar-refractivity contribution in [3.05, 3.63) is 34.7 Å². The average Bonchev–Trinajstić information content (AvgIpc) is 2.52. The van der Waals surface area contributed by atoms with Gasteiger partial charge >= 0.3 is 0 Å². The van der Waals surface area contributed by atoms with E-state index in [0.717, 1.165) is 53.5 Å². The lowest BCUT2D eigenvalue weighted by molar-refractivity contribution is 0.295. The molecule has 2 rings (SSSR count). The first kappa shape index (κ1) is 18.1. The predicted molar refractivity (Wildman–Crippen MR) is 99.5 cm³/mol. The molecule has 1 N–H and O–H groups in total. The Kier molecular flexibility index (Phi) is 6.78. The van der Waals surface area contributed by atoms with Gasteiger partial charge in [-0.2, -0.15) is 0 Å². The maximum Gasteiger partial charge on any atom is 0.126 e. The Morgan fingerprint density at radius 1 is 1.30 bits per heavy atom. The van der Waals surface area contributed by atoms with Crippen LogP contribution in [0.1, 0.15) is 33.6 Å². The summed E-state index contributed by atoms with van der Waals surface area (Å²) >= 11 is 3.47. The molecule has 2 aromatic rings. The van der Waals surface area contributed by atoms with E-state index in [4.69, 9.17) is 0 Å². The van der Waals surface area contributed by atoms with Crippen LogP contribution in [0, 0.1) is 5.82 Å². The smallest absolute Gasteiger partial charge is 0.126 e. The van der Waals surface area contributed by atoms with E-state index >= 15 is 0 Å². The fourth-order valence-corrected chi connectivity index (χ4v) is 3.22. The van der Waals surface area contributed by atoms with E-state index in [0.29, 0.717) is 0 Å². The van der Waals surface area contributed by atoms with Crippen LogP contribution in [-0.2, 0) is 0 Å². The lowest BCUT2D eigenvalue weighted by Gasteiger charge is -2.20. The van der Waals surface area contributed by atoms with Crippen molar-refractivity contribution in [3.8, 4) is 0 Å². The summed E-state index contributed by atoms with van der Waals surface area (Å²) in [5.41, 5.74) is 1.56. The Morgan fingerprint density at radius 3 is 2.74 bits per heavy atom. The summed E-state index contributed by atoms with van der Waals surface area (Å²) in [6, 6.07) is 5.15. The molecule has 1 atom stereocenters. The number of anilines is 1. The first-order valence-electron chi connectivity index (χ1n) is 8.27. The Morgan fingerprint density at radius 2 is 2.04 bits per heavy atom. The standard InChI is InChI=1S/C18H25BrFN3/c1-4-23(5-2)10-6-7-13(3)22-17-12-14(20)11-15-16(19)8-9-21-18(15)17/h8-9,11-13,22H,4-7,10H2,1-3H3. The van der Waals surface area contributed by atoms with E-state index in [1.807, 2.05) is 6.07 Å². The topological polar surface area (TPSA) is 28.2 Å². The first-order valence-corrected chi connectivity index (χ1v) is 9.07. The van der Waals surface area contributed by atoms with E-state index in [1.54, 1.807) is 6.20 Å². The third-order valence-corrected chi connectivity index (χ3v) is 4.86. The van der Waals surface area contributed by atoms with Crippen molar-refractivity contribution in [2.45, 2.75) is 39.7 Å². The second-order valence-corrected chi connectivity index (χ2v) is 6.71. The molecule has 23 heavy (non-hydrogen) atoms. The molecule has 0 amide bonds. The van der Waals surface area contributed by atoms with E-state index in [9.17, 15) is 4.39 Å². The molecule has 1 aromatic carbocycles. The number of nitrogens with one attached hydrogen (secondary N) is 1. The van der Waals surface area contributed by atoms with Crippen molar-refractivity contribution in [1.82, 2.24) is 9.88 Å². The van der Waals surface area contributed by atoms with Crippen LogP contribution in [0.25, 0.3) is 10.9 Å². The maximum absolute atomic E-state index is 13.9. The van der Waals surface area contributed by atoms with Crippen LogP contribution in [0.15, 0.2) is 28.9 Å². The number of benzene rings is 1. The molecule has 126 valence electrons. The Labute approximate surface area is 146 Å². The van der Waals surface area contributed by atoms with E-state index in [2.05, 4.69) is 51.9 Å². The highest BCUT2D eigenvalue weighted by molar-refractivity contribution is 9.10. The summed E-state index contributed by atoms with van der Waals surface area (Å²) in [6.07, 6.45) is 3.91. The minimum absolute atomic E-state index is 0.246. The van der Waals surface area contributed by atoms with Gasteiger partial charge in [0.05, 0.1) is 11.2 Å². The Hall–Kier alpha value is -1.20. The summed E-state index contributed by atoms with van der Waals surface area (Å²) in [6.45, 7) is 9.79. The lowest BCUT2D eigenvalue weighted by atomic mass is 10.1. The van der Waals surface area contributed by atoms with Gasteiger partial charge in [0, 0.05) is 22.1 Å². The summed E-state index contributed by atoms with van der Waals surface area (Å²) in [4.78, 5) is 6.82. The van der Waals surface area contributed by atoms with Gasteiger partial charge in [0.1, 0.15) is 5.82 Å². The van der Waals surface area contributed by atoms with Crippen LogP contribution >= 0.6 is 15.9 Å². The zero-order chi connectivity index (χ0) is 16.8. The molecule has 0 aliphatic rings. The second kappa shape index (κ2) is 8.60. The van der Waals surface area contributed by atoms with Gasteiger partial charge in [-0.3, -0.25) is 4.98 Å². The number of hydrogen-bond donors (Lipinski definition) is 1. The van der Waals surface area contributed by atoms with Crippen LogP contribution in [0.3, 0.4) is 0 Å². The number of fused-ring (bicyclic) bond motifs is 1. The molecule has 0 bridgehead atoms. The van der Waals surface area contributed by atoms with Crippen LogP contribution in [-0.4, -0.2) is 35.6 Å². The Balaban J connectivity index is 2.05. The maximum atomic E-state index is 13.9. The molecule has 1 heterocycles. The average molecular weight is 382 g/mol. The van der Waals surface area contributed by atoms with Crippen molar-refractivity contribution in [1.29, 1.82) is 0 Å². The molecule has 3 nitrogen and oxygen atoms in total. The van der Waals surface area contributed by atoms with Crippen molar-refractivity contribution in [2.24, 2.45) is 0 Å². The van der Waals surface area contributed by atoms with Crippen molar-refractivity contribution < 1.29 is 4.39 Å². The summed E-state index contributed by atoms with van der Waals surface area (Å²) in [7, 11) is 0. The van der Waals surface area contributed by atoms with Gasteiger partial charge in [0.2, 0.25) is 0 Å².